The Labute approximate surface area is 102 Å². The monoisotopic (exact) mass is 234 g/mol. The van der Waals surface area contributed by atoms with E-state index in [9.17, 15) is 9.59 Å². The van der Waals surface area contributed by atoms with Crippen LogP contribution in [-0.2, 0) is 9.59 Å². The number of carboxylic acids is 1. The van der Waals surface area contributed by atoms with Crippen molar-refractivity contribution in [2.45, 2.75) is 26.2 Å². The molecule has 0 aliphatic heterocycles. The molecule has 3 nitrogen and oxygen atoms in total. The number of benzene rings is 1. The number of unbranched alkanes of at least 4 members (excludes halogenated alkanes) is 2. The van der Waals surface area contributed by atoms with Crippen molar-refractivity contribution in [1.82, 2.24) is 0 Å². The number of aliphatic carboxylic acids is 1. The minimum Gasteiger partial charge on any atom is -0.478 e. The zero-order valence-electron chi connectivity index (χ0n) is 10.0. The van der Waals surface area contributed by atoms with Gasteiger partial charge in [-0.05, 0) is 18.1 Å². The molecule has 1 rings (SSSR count). The second-order valence-corrected chi connectivity index (χ2v) is 3.39. The molecule has 0 amide bonds. The van der Waals surface area contributed by atoms with Gasteiger partial charge >= 0.3 is 5.97 Å². The summed E-state index contributed by atoms with van der Waals surface area (Å²) in [6.45, 7) is 2.07. The third-order valence-corrected chi connectivity index (χ3v) is 1.89. The maximum Gasteiger partial charge on any atom is 0.328 e. The first kappa shape index (κ1) is 15.1. The topological polar surface area (TPSA) is 54.4 Å². The lowest BCUT2D eigenvalue weighted by molar-refractivity contribution is -0.131. The lowest BCUT2D eigenvalue weighted by atomic mass is 10.2. The molecule has 0 bridgehead atoms. The van der Waals surface area contributed by atoms with Gasteiger partial charge in [-0.3, -0.25) is 0 Å². The smallest absolute Gasteiger partial charge is 0.328 e. The van der Waals surface area contributed by atoms with Crippen molar-refractivity contribution in [1.29, 1.82) is 0 Å². The van der Waals surface area contributed by atoms with Gasteiger partial charge in [0.15, 0.2) is 0 Å². The first-order valence-corrected chi connectivity index (χ1v) is 5.60. The van der Waals surface area contributed by atoms with Gasteiger partial charge in [0.05, 0.1) is 0 Å². The molecule has 0 aliphatic carbocycles. The summed E-state index contributed by atoms with van der Waals surface area (Å²) >= 11 is 0. The third kappa shape index (κ3) is 10.4. The minimum atomic E-state index is -0.922. The number of carbonyl (C=O) groups is 2. The molecule has 0 saturated heterocycles. The summed E-state index contributed by atoms with van der Waals surface area (Å²) in [7, 11) is 0. The Kier molecular flexibility index (Phi) is 9.43. The van der Waals surface area contributed by atoms with Gasteiger partial charge < -0.3 is 9.90 Å². The lowest BCUT2D eigenvalue weighted by Crippen LogP contribution is -1.85. The van der Waals surface area contributed by atoms with Crippen LogP contribution in [0.4, 0.5) is 0 Å². The van der Waals surface area contributed by atoms with Crippen LogP contribution in [0, 0.1) is 0 Å². The van der Waals surface area contributed by atoms with Crippen LogP contribution in [0.2, 0.25) is 0 Å². The second-order valence-electron chi connectivity index (χ2n) is 3.39. The van der Waals surface area contributed by atoms with E-state index < -0.39 is 5.97 Å². The normalized spacial score (nSPS) is 9.47. The van der Waals surface area contributed by atoms with E-state index in [0.29, 0.717) is 0 Å². The van der Waals surface area contributed by atoms with E-state index in [1.807, 2.05) is 30.3 Å². The van der Waals surface area contributed by atoms with Crippen molar-refractivity contribution in [2.24, 2.45) is 0 Å². The van der Waals surface area contributed by atoms with Gasteiger partial charge in [-0.2, -0.15) is 0 Å². The first-order chi connectivity index (χ1) is 8.20. The Morgan fingerprint density at radius 1 is 1.29 bits per heavy atom. The Morgan fingerprint density at radius 3 is 2.35 bits per heavy atom. The van der Waals surface area contributed by atoms with E-state index in [1.54, 1.807) is 6.08 Å². The molecule has 17 heavy (non-hydrogen) atoms. The van der Waals surface area contributed by atoms with Crippen molar-refractivity contribution in [3.05, 3.63) is 42.0 Å². The maximum atomic E-state index is 10.1. The van der Waals surface area contributed by atoms with E-state index in [0.717, 1.165) is 37.2 Å². The quantitative estimate of drug-likeness (QED) is 0.483. The number of carbonyl (C=O) groups excluding carboxylic acids is 1. The Balaban J connectivity index is 0.000000366. The molecular formula is C14H18O3. The van der Waals surface area contributed by atoms with Crippen LogP contribution in [0.3, 0.4) is 0 Å². The van der Waals surface area contributed by atoms with Crippen LogP contribution in [0.25, 0.3) is 6.08 Å². The fraction of sp³-hybridized carbons (Fsp3) is 0.286. The summed E-state index contributed by atoms with van der Waals surface area (Å²) in [5.41, 5.74) is 0.898. The molecule has 0 radical (unpaired) electrons. The van der Waals surface area contributed by atoms with Gasteiger partial charge in [-0.1, -0.05) is 43.7 Å². The molecule has 3 heteroatoms. The van der Waals surface area contributed by atoms with Crippen LogP contribution in [-0.4, -0.2) is 17.4 Å². The SMILES string of the molecule is CCCCC=O.O=C(O)C=Cc1ccccc1. The summed E-state index contributed by atoms with van der Waals surface area (Å²) in [4.78, 5) is 19.6. The van der Waals surface area contributed by atoms with E-state index in [-0.39, 0.29) is 0 Å². The molecule has 0 heterocycles. The summed E-state index contributed by atoms with van der Waals surface area (Å²) in [6, 6.07) is 9.31. The predicted octanol–water partition coefficient (Wildman–Crippen LogP) is 3.16. The molecule has 0 atom stereocenters. The molecule has 1 aromatic carbocycles. The second kappa shape index (κ2) is 10.6. The van der Waals surface area contributed by atoms with E-state index in [1.165, 1.54) is 0 Å². The van der Waals surface area contributed by atoms with Crippen molar-refractivity contribution in [3.8, 4) is 0 Å². The Hall–Kier alpha value is -1.90. The first-order valence-electron chi connectivity index (χ1n) is 5.60. The van der Waals surface area contributed by atoms with E-state index >= 15 is 0 Å². The molecule has 0 saturated carbocycles. The minimum absolute atomic E-state index is 0.733. The fourth-order valence-electron chi connectivity index (χ4n) is 1.02. The lowest BCUT2D eigenvalue weighted by Gasteiger charge is -1.87. The van der Waals surface area contributed by atoms with Crippen molar-refractivity contribution in [2.75, 3.05) is 0 Å². The van der Waals surface area contributed by atoms with E-state index in [2.05, 4.69) is 6.92 Å². The molecule has 92 valence electrons. The van der Waals surface area contributed by atoms with Gasteiger partial charge in [0.1, 0.15) is 6.29 Å². The maximum absolute atomic E-state index is 10.1. The number of rotatable bonds is 5. The highest BCUT2D eigenvalue weighted by Crippen LogP contribution is 1.99. The number of carboxylic acid groups (broad SMARTS) is 1. The molecule has 0 aromatic heterocycles. The van der Waals surface area contributed by atoms with Gasteiger partial charge in [0.25, 0.3) is 0 Å². The van der Waals surface area contributed by atoms with E-state index in [4.69, 9.17) is 5.11 Å². The van der Waals surface area contributed by atoms with Crippen LogP contribution in [0.15, 0.2) is 36.4 Å². The molecule has 1 aromatic rings. The Bertz CT molecular complexity index is 342. The van der Waals surface area contributed by atoms with Gasteiger partial charge in [0.2, 0.25) is 0 Å². The standard InChI is InChI=1S/C9H8O2.C5H10O/c10-9(11)7-6-8-4-2-1-3-5-8;1-2-3-4-5-6/h1-7H,(H,10,11);5H,2-4H2,1H3. The van der Waals surface area contributed by atoms with Gasteiger partial charge in [0, 0.05) is 12.5 Å². The predicted molar refractivity (Wildman–Crippen MR) is 68.7 cm³/mol. The average molecular weight is 234 g/mol. The number of aldehydes is 1. The van der Waals surface area contributed by atoms with Crippen LogP contribution in [0.5, 0.6) is 0 Å². The number of hydrogen-bond acceptors (Lipinski definition) is 2. The zero-order valence-corrected chi connectivity index (χ0v) is 10.0. The molecule has 0 fully saturated rings. The Morgan fingerprint density at radius 2 is 1.94 bits per heavy atom. The van der Waals surface area contributed by atoms with Gasteiger partial charge in [-0.25, -0.2) is 4.79 Å². The highest BCUT2D eigenvalue weighted by molar-refractivity contribution is 5.85. The largest absolute Gasteiger partial charge is 0.478 e. The molecular weight excluding hydrogens is 216 g/mol. The summed E-state index contributed by atoms with van der Waals surface area (Å²) in [6.07, 6.45) is 6.54. The summed E-state index contributed by atoms with van der Waals surface area (Å²) in [5, 5.41) is 8.29. The van der Waals surface area contributed by atoms with Crippen molar-refractivity contribution >= 4 is 18.3 Å². The molecule has 1 N–H and O–H groups in total. The summed E-state index contributed by atoms with van der Waals surface area (Å²) < 4.78 is 0. The van der Waals surface area contributed by atoms with Crippen LogP contribution >= 0.6 is 0 Å². The highest BCUT2D eigenvalue weighted by Gasteiger charge is 1.85. The van der Waals surface area contributed by atoms with Crippen molar-refractivity contribution in [3.63, 3.8) is 0 Å². The van der Waals surface area contributed by atoms with Gasteiger partial charge in [-0.15, -0.1) is 0 Å². The summed E-state index contributed by atoms with van der Waals surface area (Å²) in [5.74, 6) is -0.922. The van der Waals surface area contributed by atoms with Crippen molar-refractivity contribution < 1.29 is 14.7 Å². The van der Waals surface area contributed by atoms with Crippen LogP contribution < -0.4 is 0 Å². The molecule has 0 unspecified atom stereocenters. The highest BCUT2D eigenvalue weighted by atomic mass is 16.4. The fourth-order valence-corrected chi connectivity index (χ4v) is 1.02. The molecule has 0 aliphatic rings. The van der Waals surface area contributed by atoms with Crippen LogP contribution in [0.1, 0.15) is 31.7 Å². The molecule has 0 spiro atoms. The zero-order chi connectivity index (χ0) is 12.9. The average Bonchev–Trinajstić information content (AvgIpc) is 2.36. The third-order valence-electron chi connectivity index (χ3n) is 1.89. The number of hydrogen-bond donors (Lipinski definition) is 1.